The molecule has 0 fully saturated rings. The zero-order valence-electron chi connectivity index (χ0n) is 12.2. The zero-order valence-corrected chi connectivity index (χ0v) is 14.7. The predicted molar refractivity (Wildman–Crippen MR) is 94.3 cm³/mol. The highest BCUT2D eigenvalue weighted by molar-refractivity contribution is 9.12. The fraction of sp³-hybridized carbons (Fsp3) is 0.222. The van der Waals surface area contributed by atoms with Crippen molar-refractivity contribution in [3.05, 3.63) is 60.7 Å². The van der Waals surface area contributed by atoms with Gasteiger partial charge in [0, 0.05) is 15.9 Å². The maximum absolute atomic E-state index is 3.57. The summed E-state index contributed by atoms with van der Waals surface area (Å²) in [5, 5.41) is 2.84. The molecule has 0 saturated carbocycles. The Morgan fingerprint density at radius 3 is 1.50 bits per heavy atom. The van der Waals surface area contributed by atoms with Crippen molar-refractivity contribution < 1.29 is 0 Å². The van der Waals surface area contributed by atoms with E-state index in [-0.39, 0.29) is 5.04 Å². The molecule has 0 unspecified atom stereocenters. The maximum atomic E-state index is 3.57. The lowest BCUT2D eigenvalue weighted by Crippen LogP contribution is -2.63. The Hall–Kier alpha value is -1.30. The standard InChI is InChI=1S/C18H19BrSi/c1-18(2,3)20(15-14-19,16-10-6-4-7-11-16)17-12-8-5-9-13-17/h4-13H,1-3H3. The molecule has 0 atom stereocenters. The molecule has 0 aliphatic heterocycles. The third-order valence-electron chi connectivity index (χ3n) is 3.77. The summed E-state index contributed by atoms with van der Waals surface area (Å²) in [6.07, 6.45) is 0. The summed E-state index contributed by atoms with van der Waals surface area (Å²) in [6, 6.07) is 21.5. The Balaban J connectivity index is 2.80. The summed E-state index contributed by atoms with van der Waals surface area (Å²) >= 11 is 3.35. The van der Waals surface area contributed by atoms with Gasteiger partial charge >= 0.3 is 0 Å². The van der Waals surface area contributed by atoms with E-state index in [2.05, 4.69) is 108 Å². The lowest BCUT2D eigenvalue weighted by atomic mass is 10.2. The van der Waals surface area contributed by atoms with E-state index < -0.39 is 8.07 Å². The molecule has 0 saturated heterocycles. The summed E-state index contributed by atoms with van der Waals surface area (Å²) < 4.78 is 0. The quantitative estimate of drug-likeness (QED) is 0.572. The molecule has 2 rings (SSSR count). The minimum atomic E-state index is -2.16. The molecule has 2 aromatic carbocycles. The van der Waals surface area contributed by atoms with Crippen molar-refractivity contribution in [2.45, 2.75) is 25.8 Å². The van der Waals surface area contributed by atoms with E-state index in [1.807, 2.05) is 0 Å². The molecule has 20 heavy (non-hydrogen) atoms. The van der Waals surface area contributed by atoms with E-state index in [9.17, 15) is 0 Å². The van der Waals surface area contributed by atoms with E-state index in [0.29, 0.717) is 0 Å². The Kier molecular flexibility index (Phi) is 4.52. The summed E-state index contributed by atoms with van der Waals surface area (Å²) in [6.45, 7) is 6.91. The van der Waals surface area contributed by atoms with Crippen molar-refractivity contribution in [1.82, 2.24) is 0 Å². The van der Waals surface area contributed by atoms with Gasteiger partial charge in [-0.2, -0.15) is 0 Å². The molecular weight excluding hydrogens is 324 g/mol. The highest BCUT2D eigenvalue weighted by Gasteiger charge is 2.46. The van der Waals surface area contributed by atoms with Gasteiger partial charge in [0.05, 0.1) is 0 Å². The van der Waals surface area contributed by atoms with Crippen molar-refractivity contribution in [2.75, 3.05) is 0 Å². The van der Waals surface area contributed by atoms with Crippen molar-refractivity contribution in [2.24, 2.45) is 0 Å². The minimum absolute atomic E-state index is 0.108. The Labute approximate surface area is 131 Å². The van der Waals surface area contributed by atoms with E-state index in [0.717, 1.165) is 0 Å². The molecule has 0 spiro atoms. The van der Waals surface area contributed by atoms with Crippen LogP contribution in [0, 0.1) is 10.4 Å². The van der Waals surface area contributed by atoms with Crippen molar-refractivity contribution in [1.29, 1.82) is 0 Å². The van der Waals surface area contributed by atoms with E-state index in [1.165, 1.54) is 10.4 Å². The highest BCUT2D eigenvalue weighted by Crippen LogP contribution is 2.35. The molecule has 0 aliphatic carbocycles. The Bertz CT molecular complexity index is 576. The Morgan fingerprint density at radius 1 is 0.800 bits per heavy atom. The van der Waals surface area contributed by atoms with Gasteiger partial charge in [-0.15, -0.1) is 5.54 Å². The monoisotopic (exact) mass is 342 g/mol. The fourth-order valence-corrected chi connectivity index (χ4v) is 7.96. The van der Waals surface area contributed by atoms with Crippen LogP contribution in [0.4, 0.5) is 0 Å². The SMILES string of the molecule is CC(C)(C)[Si](C#CBr)(c1ccccc1)c1ccccc1. The first-order valence-electron chi connectivity index (χ1n) is 6.76. The minimum Gasteiger partial charge on any atom is -0.107 e. The van der Waals surface area contributed by atoms with E-state index in [4.69, 9.17) is 0 Å². The van der Waals surface area contributed by atoms with Crippen LogP contribution in [0.15, 0.2) is 60.7 Å². The molecule has 102 valence electrons. The molecular formula is C18H19BrSi. The Morgan fingerprint density at radius 2 is 1.20 bits per heavy atom. The predicted octanol–water partition coefficient (Wildman–Crippen LogP) is 3.94. The van der Waals surface area contributed by atoms with Gasteiger partial charge in [0.15, 0.2) is 0 Å². The molecule has 0 N–H and O–H groups in total. The molecule has 0 amide bonds. The summed E-state index contributed by atoms with van der Waals surface area (Å²) in [7, 11) is -2.16. The van der Waals surface area contributed by atoms with Crippen LogP contribution in [-0.4, -0.2) is 8.07 Å². The molecule has 0 radical (unpaired) electrons. The van der Waals surface area contributed by atoms with Crippen molar-refractivity contribution in [3.63, 3.8) is 0 Å². The second-order valence-electron chi connectivity index (χ2n) is 5.95. The summed E-state index contributed by atoms with van der Waals surface area (Å²) in [5.41, 5.74) is 3.57. The normalized spacial score (nSPS) is 11.6. The average Bonchev–Trinajstić information content (AvgIpc) is 2.45. The second kappa shape index (κ2) is 5.99. The largest absolute Gasteiger partial charge is 0.205 e. The number of hydrogen-bond donors (Lipinski definition) is 0. The van der Waals surface area contributed by atoms with Crippen LogP contribution in [0.1, 0.15) is 20.8 Å². The number of hydrogen-bond acceptors (Lipinski definition) is 0. The molecule has 0 nitrogen and oxygen atoms in total. The molecule has 0 aromatic heterocycles. The van der Waals surface area contributed by atoms with Crippen LogP contribution in [0.3, 0.4) is 0 Å². The van der Waals surface area contributed by atoms with Crippen LogP contribution in [0.25, 0.3) is 0 Å². The average molecular weight is 343 g/mol. The van der Waals surface area contributed by atoms with Crippen LogP contribution in [-0.2, 0) is 0 Å². The first kappa shape index (κ1) is 15.1. The van der Waals surface area contributed by atoms with Crippen LogP contribution in [0.5, 0.6) is 0 Å². The second-order valence-corrected chi connectivity index (χ2v) is 10.8. The van der Waals surface area contributed by atoms with Gasteiger partial charge in [-0.1, -0.05) is 81.4 Å². The molecule has 2 heteroatoms. The maximum Gasteiger partial charge on any atom is 0.205 e. The first-order chi connectivity index (χ1) is 9.52. The smallest absolute Gasteiger partial charge is 0.107 e. The summed E-state index contributed by atoms with van der Waals surface area (Å²) in [5.74, 6) is 0. The van der Waals surface area contributed by atoms with Gasteiger partial charge in [0.1, 0.15) is 0 Å². The lowest BCUT2D eigenvalue weighted by molar-refractivity contribution is 0.740. The van der Waals surface area contributed by atoms with Gasteiger partial charge in [-0.05, 0) is 20.2 Å². The fourth-order valence-electron chi connectivity index (χ4n) is 2.81. The molecule has 0 aliphatic rings. The highest BCUT2D eigenvalue weighted by atomic mass is 79.9. The molecule has 0 bridgehead atoms. The molecule has 2 aromatic rings. The summed E-state index contributed by atoms with van der Waals surface area (Å²) in [4.78, 5) is 3.04. The van der Waals surface area contributed by atoms with Crippen LogP contribution >= 0.6 is 15.9 Å². The van der Waals surface area contributed by atoms with Gasteiger partial charge in [0.2, 0.25) is 8.07 Å². The van der Waals surface area contributed by atoms with Crippen molar-refractivity contribution in [3.8, 4) is 10.4 Å². The third-order valence-corrected chi connectivity index (χ3v) is 9.49. The first-order valence-corrected chi connectivity index (χ1v) is 9.55. The number of rotatable bonds is 2. The topological polar surface area (TPSA) is 0 Å². The number of benzene rings is 2. The molecule has 0 heterocycles. The van der Waals surface area contributed by atoms with E-state index >= 15 is 0 Å². The van der Waals surface area contributed by atoms with Gasteiger partial charge < -0.3 is 0 Å². The van der Waals surface area contributed by atoms with Crippen molar-refractivity contribution >= 4 is 34.4 Å². The zero-order chi connectivity index (χ0) is 14.6. The lowest BCUT2D eigenvalue weighted by Gasteiger charge is -2.39. The third kappa shape index (κ3) is 2.61. The van der Waals surface area contributed by atoms with Crippen LogP contribution < -0.4 is 10.4 Å². The van der Waals surface area contributed by atoms with Gasteiger partial charge in [-0.25, -0.2) is 0 Å². The van der Waals surface area contributed by atoms with Crippen LogP contribution in [0.2, 0.25) is 5.04 Å². The van der Waals surface area contributed by atoms with E-state index in [1.54, 1.807) is 0 Å². The van der Waals surface area contributed by atoms with Gasteiger partial charge in [0.25, 0.3) is 0 Å². The number of halogens is 1. The van der Waals surface area contributed by atoms with Gasteiger partial charge in [-0.3, -0.25) is 0 Å².